The molecule has 0 spiro atoms. The van der Waals surface area contributed by atoms with Gasteiger partial charge in [-0.05, 0) is 114 Å². The van der Waals surface area contributed by atoms with Crippen LogP contribution in [0.25, 0.3) is 22.3 Å². The molecule has 1 N–H and O–H groups in total. The number of fused-ring (bicyclic) bond motifs is 1. The van der Waals surface area contributed by atoms with Gasteiger partial charge < -0.3 is 33.5 Å². The number of methoxy groups -OCH3 is 1. The maximum Gasteiger partial charge on any atom is 0.200 e. The Balaban J connectivity index is 1.36. The van der Waals surface area contributed by atoms with Crippen LogP contribution in [0, 0.1) is 11.8 Å². The molecule has 2 unspecified atom stereocenters. The Morgan fingerprint density at radius 2 is 1.50 bits per heavy atom. The largest absolute Gasteiger partial charge is 0.507 e. The summed E-state index contributed by atoms with van der Waals surface area (Å²) in [5, 5.41) is 11.0. The molecule has 2 aliphatic rings. The molecule has 2 aliphatic heterocycles. The van der Waals surface area contributed by atoms with E-state index in [1.54, 1.807) is 6.07 Å². The summed E-state index contributed by atoms with van der Waals surface area (Å²) in [5.74, 6) is 3.76. The number of benzene rings is 2. The van der Waals surface area contributed by atoms with E-state index in [1.807, 2.05) is 18.2 Å². The Bertz CT molecular complexity index is 1550. The molecule has 3 aromatic rings. The van der Waals surface area contributed by atoms with Crippen LogP contribution in [0.5, 0.6) is 23.0 Å². The lowest BCUT2D eigenvalue weighted by Crippen LogP contribution is -2.35. The van der Waals surface area contributed by atoms with E-state index in [0.29, 0.717) is 48.0 Å². The van der Waals surface area contributed by atoms with Crippen molar-refractivity contribution in [3.05, 3.63) is 46.1 Å². The van der Waals surface area contributed by atoms with E-state index >= 15 is 0 Å². The Hall–Kier alpha value is -3.23. The summed E-state index contributed by atoms with van der Waals surface area (Å²) in [6, 6.07) is 9.03. The van der Waals surface area contributed by atoms with Gasteiger partial charge in [0.2, 0.25) is 0 Å². The van der Waals surface area contributed by atoms with Gasteiger partial charge in [0.25, 0.3) is 0 Å². The number of unbranched alkanes of at least 4 members (excludes halogenated alkanes) is 5. The fraction of sp³-hybridized carbons (Fsp3) is 0.643. The van der Waals surface area contributed by atoms with E-state index in [2.05, 4.69) is 30.6 Å². The van der Waals surface area contributed by atoms with Crippen molar-refractivity contribution in [2.75, 3.05) is 59.6 Å². The highest BCUT2D eigenvalue weighted by atomic mass is 16.5. The molecule has 0 saturated carbocycles. The average molecular weight is 691 g/mol. The molecule has 2 saturated heterocycles. The van der Waals surface area contributed by atoms with Crippen molar-refractivity contribution in [3.8, 4) is 34.3 Å². The lowest BCUT2D eigenvalue weighted by Gasteiger charge is -2.30. The molecule has 276 valence electrons. The molecule has 8 heteroatoms. The number of phenols is 1. The first-order chi connectivity index (χ1) is 24.4. The van der Waals surface area contributed by atoms with Crippen LogP contribution in [0.2, 0.25) is 0 Å². The molecule has 50 heavy (non-hydrogen) atoms. The zero-order valence-electron chi connectivity index (χ0n) is 31.3. The fourth-order valence-electron chi connectivity index (χ4n) is 7.73. The van der Waals surface area contributed by atoms with Crippen LogP contribution in [0.1, 0.15) is 103 Å². The third-order valence-corrected chi connectivity index (χ3v) is 10.5. The van der Waals surface area contributed by atoms with Crippen molar-refractivity contribution < 1.29 is 23.7 Å². The maximum absolute atomic E-state index is 14.1. The monoisotopic (exact) mass is 690 g/mol. The number of likely N-dealkylation sites (tertiary alicyclic amines) is 2. The number of nitrogens with zero attached hydrogens (tertiary/aromatic N) is 2. The minimum atomic E-state index is -0.206. The molecular weight excluding hydrogens is 628 g/mol. The molecule has 2 fully saturated rings. The van der Waals surface area contributed by atoms with E-state index in [4.69, 9.17) is 18.6 Å². The Labute approximate surface area is 300 Å². The first kappa shape index (κ1) is 38.0. The van der Waals surface area contributed by atoms with Gasteiger partial charge in [0.1, 0.15) is 39.7 Å². The lowest BCUT2D eigenvalue weighted by molar-refractivity contribution is 0.176. The highest BCUT2D eigenvalue weighted by Crippen LogP contribution is 2.39. The molecule has 0 aliphatic carbocycles. The molecular formula is C42H62N2O6. The summed E-state index contributed by atoms with van der Waals surface area (Å²) in [6.07, 6.45) is 14.0. The van der Waals surface area contributed by atoms with Crippen molar-refractivity contribution >= 4 is 11.0 Å². The van der Waals surface area contributed by atoms with Crippen molar-refractivity contribution in [1.82, 2.24) is 9.80 Å². The van der Waals surface area contributed by atoms with Gasteiger partial charge in [0, 0.05) is 36.9 Å². The second-order valence-corrected chi connectivity index (χ2v) is 14.9. The van der Waals surface area contributed by atoms with Crippen LogP contribution in [0.15, 0.2) is 39.5 Å². The summed E-state index contributed by atoms with van der Waals surface area (Å²) in [5.41, 5.74) is 1.39. The van der Waals surface area contributed by atoms with Gasteiger partial charge in [-0.25, -0.2) is 0 Å². The van der Waals surface area contributed by atoms with E-state index < -0.39 is 0 Å². The highest BCUT2D eigenvalue weighted by molar-refractivity contribution is 5.88. The zero-order chi connectivity index (χ0) is 35.3. The molecule has 0 amide bonds. The van der Waals surface area contributed by atoms with Crippen molar-refractivity contribution in [2.24, 2.45) is 11.8 Å². The molecule has 0 bridgehead atoms. The van der Waals surface area contributed by atoms with Crippen molar-refractivity contribution in [1.29, 1.82) is 0 Å². The standard InChI is InChI=1S/C42H62N2O6/c1-5-6-7-8-17-36-41(46)40-37(45)26-34(47-4)28-39(40)50-42(36)35-19-18-33(48-24-11-9-20-43-22-13-15-31(2)29-43)27-38(35)49-25-12-10-21-44-23-14-16-32(3)30-44/h18-19,26-28,31-32,45H,5-17,20-25,29-30H2,1-4H3. The second kappa shape index (κ2) is 19.4. The van der Waals surface area contributed by atoms with Gasteiger partial charge in [-0.1, -0.05) is 40.0 Å². The van der Waals surface area contributed by atoms with Gasteiger partial charge >= 0.3 is 0 Å². The Morgan fingerprint density at radius 1 is 0.820 bits per heavy atom. The topological polar surface area (TPSA) is 84.6 Å². The Kier molecular flexibility index (Phi) is 14.7. The molecule has 5 rings (SSSR count). The first-order valence-electron chi connectivity index (χ1n) is 19.6. The minimum absolute atomic E-state index is 0.132. The number of ether oxygens (including phenoxy) is 3. The van der Waals surface area contributed by atoms with Crippen LogP contribution >= 0.6 is 0 Å². The summed E-state index contributed by atoms with van der Waals surface area (Å²) in [6.45, 7) is 15.1. The van der Waals surface area contributed by atoms with Crippen LogP contribution < -0.4 is 19.6 Å². The van der Waals surface area contributed by atoms with E-state index in [1.165, 1.54) is 65.0 Å². The summed E-state index contributed by atoms with van der Waals surface area (Å²) < 4.78 is 24.8. The Morgan fingerprint density at radius 3 is 2.14 bits per heavy atom. The van der Waals surface area contributed by atoms with Gasteiger partial charge in [-0.2, -0.15) is 0 Å². The summed E-state index contributed by atoms with van der Waals surface area (Å²) in [7, 11) is 1.53. The number of phenolic OH excluding ortho intramolecular Hbond substituents is 1. The van der Waals surface area contributed by atoms with Crippen LogP contribution in [0.3, 0.4) is 0 Å². The quantitative estimate of drug-likeness (QED) is 0.125. The molecule has 0 radical (unpaired) electrons. The van der Waals surface area contributed by atoms with Crippen LogP contribution in [0.4, 0.5) is 0 Å². The normalized spacial score (nSPS) is 18.8. The predicted molar refractivity (Wildman–Crippen MR) is 203 cm³/mol. The number of rotatable bonds is 19. The maximum atomic E-state index is 14.1. The van der Waals surface area contributed by atoms with E-state index in [9.17, 15) is 9.90 Å². The molecule has 2 aromatic carbocycles. The molecule has 8 nitrogen and oxygen atoms in total. The van der Waals surface area contributed by atoms with Crippen LogP contribution in [-0.2, 0) is 6.42 Å². The molecule has 2 atom stereocenters. The number of hydrogen-bond acceptors (Lipinski definition) is 8. The van der Waals surface area contributed by atoms with Crippen molar-refractivity contribution in [3.63, 3.8) is 0 Å². The number of piperidine rings is 2. The third kappa shape index (κ3) is 10.6. The lowest BCUT2D eigenvalue weighted by atomic mass is 9.98. The van der Waals surface area contributed by atoms with E-state index in [-0.39, 0.29) is 16.6 Å². The third-order valence-electron chi connectivity index (χ3n) is 10.5. The van der Waals surface area contributed by atoms with Gasteiger partial charge in [0.15, 0.2) is 5.43 Å². The fourth-order valence-corrected chi connectivity index (χ4v) is 7.73. The SMILES string of the molecule is CCCCCCc1c(-c2ccc(OCCCCN3CCCC(C)C3)cc2OCCCCN2CCCC(C)C2)oc2cc(OC)cc(O)c2c1=O. The minimum Gasteiger partial charge on any atom is -0.507 e. The van der Waals surface area contributed by atoms with Gasteiger partial charge in [0.05, 0.1) is 25.9 Å². The van der Waals surface area contributed by atoms with Gasteiger partial charge in [-0.3, -0.25) is 4.79 Å². The number of hydrogen-bond donors (Lipinski definition) is 1. The zero-order valence-corrected chi connectivity index (χ0v) is 31.3. The smallest absolute Gasteiger partial charge is 0.200 e. The molecule has 1 aromatic heterocycles. The first-order valence-corrected chi connectivity index (χ1v) is 19.6. The van der Waals surface area contributed by atoms with Crippen LogP contribution in [-0.4, -0.2) is 74.5 Å². The predicted octanol–water partition coefficient (Wildman–Crippen LogP) is 9.08. The highest BCUT2D eigenvalue weighted by Gasteiger charge is 2.23. The van der Waals surface area contributed by atoms with E-state index in [0.717, 1.165) is 87.6 Å². The summed E-state index contributed by atoms with van der Waals surface area (Å²) in [4.78, 5) is 19.2. The summed E-state index contributed by atoms with van der Waals surface area (Å²) >= 11 is 0. The van der Waals surface area contributed by atoms with Crippen molar-refractivity contribution in [2.45, 2.75) is 104 Å². The average Bonchev–Trinajstić information content (AvgIpc) is 3.10. The van der Waals surface area contributed by atoms with Gasteiger partial charge in [-0.15, -0.1) is 0 Å². The second-order valence-electron chi connectivity index (χ2n) is 14.9. The molecule has 3 heterocycles. The number of aromatic hydroxyl groups is 1.